The third-order valence-electron chi connectivity index (χ3n) is 4.24. The Morgan fingerprint density at radius 2 is 2.05 bits per heavy atom. The molecule has 1 aliphatic rings. The second kappa shape index (κ2) is 8.93. The SMILES string of the molecule is CNC1(CC(=O)N(CCC#N)CCOC)CCCCC1. The molecule has 20 heavy (non-hydrogen) atoms. The molecule has 0 aromatic heterocycles. The second-order valence-electron chi connectivity index (χ2n) is 5.55. The highest BCUT2D eigenvalue weighted by Gasteiger charge is 2.33. The van der Waals surface area contributed by atoms with Crippen LogP contribution in [0.1, 0.15) is 44.9 Å². The van der Waals surface area contributed by atoms with Gasteiger partial charge in [0.25, 0.3) is 0 Å². The van der Waals surface area contributed by atoms with Gasteiger partial charge >= 0.3 is 0 Å². The molecule has 0 heterocycles. The number of ether oxygens (including phenoxy) is 1. The first-order chi connectivity index (χ1) is 9.67. The maximum atomic E-state index is 12.5. The lowest BCUT2D eigenvalue weighted by Gasteiger charge is -2.38. The topological polar surface area (TPSA) is 65.4 Å². The van der Waals surface area contributed by atoms with E-state index in [-0.39, 0.29) is 11.4 Å². The van der Waals surface area contributed by atoms with Crippen molar-refractivity contribution in [2.45, 2.75) is 50.5 Å². The molecule has 1 N–H and O–H groups in total. The van der Waals surface area contributed by atoms with Gasteiger partial charge in [-0.3, -0.25) is 4.79 Å². The lowest BCUT2D eigenvalue weighted by molar-refractivity contribution is -0.133. The fourth-order valence-electron chi connectivity index (χ4n) is 2.89. The van der Waals surface area contributed by atoms with E-state index < -0.39 is 0 Å². The van der Waals surface area contributed by atoms with Crippen LogP contribution < -0.4 is 5.32 Å². The van der Waals surface area contributed by atoms with E-state index in [1.807, 2.05) is 7.05 Å². The number of carbonyl (C=O) groups is 1. The number of nitriles is 1. The van der Waals surface area contributed by atoms with Gasteiger partial charge in [-0.15, -0.1) is 0 Å². The van der Waals surface area contributed by atoms with Gasteiger partial charge in [0.2, 0.25) is 5.91 Å². The van der Waals surface area contributed by atoms with Gasteiger partial charge in [-0.05, 0) is 19.9 Å². The van der Waals surface area contributed by atoms with Gasteiger partial charge < -0.3 is 15.0 Å². The summed E-state index contributed by atoms with van der Waals surface area (Å²) in [6.45, 7) is 1.58. The average molecular weight is 281 g/mol. The van der Waals surface area contributed by atoms with Crippen LogP contribution in [0.5, 0.6) is 0 Å². The molecule has 0 bridgehead atoms. The molecule has 1 aliphatic carbocycles. The van der Waals surface area contributed by atoms with Gasteiger partial charge in [-0.1, -0.05) is 19.3 Å². The van der Waals surface area contributed by atoms with Crippen LogP contribution in [0.25, 0.3) is 0 Å². The summed E-state index contributed by atoms with van der Waals surface area (Å²) in [5.41, 5.74) is -0.0483. The number of nitrogens with one attached hydrogen (secondary N) is 1. The molecule has 5 heteroatoms. The Kier molecular flexibility index (Phi) is 7.56. The highest BCUT2D eigenvalue weighted by atomic mass is 16.5. The number of methoxy groups -OCH3 is 1. The van der Waals surface area contributed by atoms with E-state index in [0.29, 0.717) is 32.5 Å². The number of hydrogen-bond donors (Lipinski definition) is 1. The molecule has 0 unspecified atom stereocenters. The van der Waals surface area contributed by atoms with Crippen LogP contribution in [0.2, 0.25) is 0 Å². The largest absolute Gasteiger partial charge is 0.383 e. The fraction of sp³-hybridized carbons (Fsp3) is 0.867. The highest BCUT2D eigenvalue weighted by molar-refractivity contribution is 5.77. The third kappa shape index (κ3) is 5.10. The van der Waals surface area contributed by atoms with E-state index in [0.717, 1.165) is 12.8 Å². The number of nitrogens with zero attached hydrogens (tertiary/aromatic N) is 2. The van der Waals surface area contributed by atoms with Crippen LogP contribution in [0, 0.1) is 11.3 Å². The minimum Gasteiger partial charge on any atom is -0.383 e. The Hall–Kier alpha value is -1.12. The molecule has 0 spiro atoms. The lowest BCUT2D eigenvalue weighted by atomic mass is 9.79. The first-order valence-electron chi connectivity index (χ1n) is 7.50. The first kappa shape index (κ1) is 16.9. The smallest absolute Gasteiger partial charge is 0.224 e. The van der Waals surface area contributed by atoms with Crippen LogP contribution in [0.3, 0.4) is 0 Å². The summed E-state index contributed by atoms with van der Waals surface area (Å²) in [6.07, 6.45) is 6.66. The van der Waals surface area contributed by atoms with Gasteiger partial charge in [0.15, 0.2) is 0 Å². The van der Waals surface area contributed by atoms with E-state index in [9.17, 15) is 4.79 Å². The molecular formula is C15H27N3O2. The standard InChI is InChI=1S/C15H27N3O2/c1-17-15(7-4-3-5-8-15)13-14(19)18(10-6-9-16)11-12-20-2/h17H,3-8,10-13H2,1-2H3. The van der Waals surface area contributed by atoms with E-state index in [4.69, 9.17) is 10.00 Å². The average Bonchev–Trinajstić information content (AvgIpc) is 2.48. The number of hydrogen-bond acceptors (Lipinski definition) is 4. The normalized spacial score (nSPS) is 17.4. The molecule has 1 rings (SSSR count). The Balaban J connectivity index is 2.60. The van der Waals surface area contributed by atoms with Crippen molar-refractivity contribution in [1.82, 2.24) is 10.2 Å². The monoisotopic (exact) mass is 281 g/mol. The summed E-state index contributed by atoms with van der Waals surface area (Å²) in [7, 11) is 3.58. The van der Waals surface area contributed by atoms with E-state index in [1.165, 1.54) is 19.3 Å². The summed E-state index contributed by atoms with van der Waals surface area (Å²) in [4.78, 5) is 14.3. The molecule has 1 saturated carbocycles. The molecule has 0 atom stereocenters. The summed E-state index contributed by atoms with van der Waals surface area (Å²) in [6, 6.07) is 2.11. The molecule has 1 amide bonds. The maximum Gasteiger partial charge on any atom is 0.224 e. The molecule has 0 saturated heterocycles. The predicted molar refractivity (Wildman–Crippen MR) is 78.2 cm³/mol. The zero-order chi connectivity index (χ0) is 14.8. The van der Waals surface area contributed by atoms with E-state index in [2.05, 4.69) is 11.4 Å². The van der Waals surface area contributed by atoms with Crippen LogP contribution in [0.15, 0.2) is 0 Å². The zero-order valence-corrected chi connectivity index (χ0v) is 12.8. The van der Waals surface area contributed by atoms with Crippen LogP contribution in [-0.4, -0.2) is 50.2 Å². The molecule has 5 nitrogen and oxygen atoms in total. The first-order valence-corrected chi connectivity index (χ1v) is 7.50. The van der Waals surface area contributed by atoms with Crippen LogP contribution >= 0.6 is 0 Å². The van der Waals surface area contributed by atoms with Gasteiger partial charge in [-0.2, -0.15) is 5.26 Å². The molecule has 0 radical (unpaired) electrons. The molecule has 1 fully saturated rings. The van der Waals surface area contributed by atoms with Crippen molar-refractivity contribution in [3.63, 3.8) is 0 Å². The molecule has 114 valence electrons. The molecule has 0 aromatic rings. The zero-order valence-electron chi connectivity index (χ0n) is 12.8. The summed E-state index contributed by atoms with van der Waals surface area (Å²) >= 11 is 0. The van der Waals surface area contributed by atoms with Crippen molar-refractivity contribution in [1.29, 1.82) is 5.26 Å². The summed E-state index contributed by atoms with van der Waals surface area (Å²) in [5.74, 6) is 0.133. The molecular weight excluding hydrogens is 254 g/mol. The minimum absolute atomic E-state index is 0.0483. The van der Waals surface area contributed by atoms with Crippen molar-refractivity contribution < 1.29 is 9.53 Å². The van der Waals surface area contributed by atoms with Crippen molar-refractivity contribution >= 4 is 5.91 Å². The van der Waals surface area contributed by atoms with Crippen molar-refractivity contribution in [2.24, 2.45) is 0 Å². The van der Waals surface area contributed by atoms with Crippen molar-refractivity contribution in [3.05, 3.63) is 0 Å². The predicted octanol–water partition coefficient (Wildman–Crippen LogP) is 1.69. The Bertz CT molecular complexity index is 333. The number of amides is 1. The van der Waals surface area contributed by atoms with Gasteiger partial charge in [0.1, 0.15) is 0 Å². The maximum absolute atomic E-state index is 12.5. The highest BCUT2D eigenvalue weighted by Crippen LogP contribution is 2.31. The Morgan fingerprint density at radius 1 is 1.35 bits per heavy atom. The molecule has 0 aliphatic heterocycles. The summed E-state index contributed by atoms with van der Waals surface area (Å²) in [5, 5.41) is 12.1. The van der Waals surface area contributed by atoms with E-state index >= 15 is 0 Å². The lowest BCUT2D eigenvalue weighted by Crippen LogP contribution is -2.49. The number of carbonyl (C=O) groups excluding carboxylic acids is 1. The van der Waals surface area contributed by atoms with E-state index in [1.54, 1.807) is 12.0 Å². The van der Waals surface area contributed by atoms with Crippen molar-refractivity contribution in [2.75, 3.05) is 33.9 Å². The number of rotatable bonds is 8. The van der Waals surface area contributed by atoms with Crippen LogP contribution in [-0.2, 0) is 9.53 Å². The quantitative estimate of drug-likeness (QED) is 0.735. The van der Waals surface area contributed by atoms with Gasteiger partial charge in [-0.25, -0.2) is 0 Å². The third-order valence-corrected chi connectivity index (χ3v) is 4.24. The van der Waals surface area contributed by atoms with Crippen LogP contribution in [0.4, 0.5) is 0 Å². The Morgan fingerprint density at radius 3 is 2.60 bits per heavy atom. The Labute approximate surface area is 122 Å². The fourth-order valence-corrected chi connectivity index (χ4v) is 2.89. The second-order valence-corrected chi connectivity index (χ2v) is 5.55. The molecule has 0 aromatic carbocycles. The minimum atomic E-state index is -0.0483. The van der Waals surface area contributed by atoms with Crippen molar-refractivity contribution in [3.8, 4) is 6.07 Å². The van der Waals surface area contributed by atoms with Gasteiger partial charge in [0, 0.05) is 32.2 Å². The summed E-state index contributed by atoms with van der Waals surface area (Å²) < 4.78 is 5.05. The van der Waals surface area contributed by atoms with Gasteiger partial charge in [0.05, 0.1) is 19.1 Å².